The maximum Gasteiger partial charge on any atom is 0.258 e. The van der Waals surface area contributed by atoms with Gasteiger partial charge in [0.25, 0.3) is 5.91 Å². The number of nitrogen functional groups attached to an aromatic ring is 1. The first-order valence-corrected chi connectivity index (χ1v) is 5.20. The van der Waals surface area contributed by atoms with Crippen molar-refractivity contribution >= 4 is 17.3 Å². The fourth-order valence-corrected chi connectivity index (χ4v) is 1.48. The van der Waals surface area contributed by atoms with E-state index in [0.717, 1.165) is 0 Å². The molecule has 0 bridgehead atoms. The fourth-order valence-electron chi connectivity index (χ4n) is 1.48. The summed E-state index contributed by atoms with van der Waals surface area (Å²) in [5, 5.41) is 15.3. The number of rotatable bonds is 2. The molecule has 0 saturated heterocycles. The van der Waals surface area contributed by atoms with E-state index in [4.69, 9.17) is 11.0 Å². The predicted octanol–water partition coefficient (Wildman–Crippen LogP) is 1.13. The minimum Gasteiger partial charge on any atom is -0.397 e. The lowest BCUT2D eigenvalue weighted by atomic mass is 10.2. The lowest BCUT2D eigenvalue weighted by Crippen LogP contribution is -2.12. The number of anilines is 2. The Labute approximate surface area is 104 Å². The molecule has 0 spiro atoms. The molecular weight excluding hydrogens is 230 g/mol. The third kappa shape index (κ3) is 2.30. The minimum absolute atomic E-state index is 0.292. The van der Waals surface area contributed by atoms with Crippen molar-refractivity contribution in [2.75, 3.05) is 11.1 Å². The second-order valence-corrected chi connectivity index (χ2v) is 3.77. The van der Waals surface area contributed by atoms with Crippen molar-refractivity contribution < 1.29 is 4.79 Å². The summed E-state index contributed by atoms with van der Waals surface area (Å²) in [6.45, 7) is 0. The summed E-state index contributed by atoms with van der Waals surface area (Å²) in [4.78, 5) is 11.8. The van der Waals surface area contributed by atoms with Gasteiger partial charge in [0.15, 0.2) is 0 Å². The number of aromatic nitrogens is 2. The van der Waals surface area contributed by atoms with Gasteiger partial charge in [0.1, 0.15) is 0 Å². The molecule has 1 amide bonds. The van der Waals surface area contributed by atoms with Gasteiger partial charge in [-0.2, -0.15) is 10.4 Å². The van der Waals surface area contributed by atoms with Crippen LogP contribution in [-0.2, 0) is 7.05 Å². The molecule has 90 valence electrons. The van der Waals surface area contributed by atoms with Crippen molar-refractivity contribution in [3.05, 3.63) is 41.7 Å². The second kappa shape index (κ2) is 4.59. The van der Waals surface area contributed by atoms with Gasteiger partial charge >= 0.3 is 0 Å². The quantitative estimate of drug-likeness (QED) is 0.770. The molecule has 6 nitrogen and oxygen atoms in total. The van der Waals surface area contributed by atoms with Gasteiger partial charge in [0, 0.05) is 13.2 Å². The highest BCUT2D eigenvalue weighted by atomic mass is 16.1. The molecular formula is C12H11N5O. The molecule has 2 aromatic rings. The number of amides is 1. The van der Waals surface area contributed by atoms with E-state index in [1.54, 1.807) is 25.4 Å². The summed E-state index contributed by atoms with van der Waals surface area (Å²) in [6.07, 6.45) is 3.07. The standard InChI is InChI=1S/C12H11N5O/c1-17-7-9(6-15-17)12(18)16-11-3-2-8(5-13)4-10(11)14/h2-4,6-7H,14H2,1H3,(H,16,18). The van der Waals surface area contributed by atoms with Gasteiger partial charge in [0.05, 0.1) is 34.8 Å². The van der Waals surface area contributed by atoms with E-state index in [0.29, 0.717) is 22.5 Å². The van der Waals surface area contributed by atoms with Crippen LogP contribution in [-0.4, -0.2) is 15.7 Å². The molecule has 0 atom stereocenters. The number of hydrogen-bond acceptors (Lipinski definition) is 4. The third-order valence-corrected chi connectivity index (χ3v) is 2.40. The number of nitrogens with one attached hydrogen (secondary N) is 1. The zero-order chi connectivity index (χ0) is 13.1. The van der Waals surface area contributed by atoms with Crippen LogP contribution in [0.4, 0.5) is 11.4 Å². The Morgan fingerprint density at radius 1 is 1.56 bits per heavy atom. The van der Waals surface area contributed by atoms with E-state index in [9.17, 15) is 4.79 Å². The van der Waals surface area contributed by atoms with Crippen LogP contribution in [0, 0.1) is 11.3 Å². The zero-order valence-electron chi connectivity index (χ0n) is 9.71. The second-order valence-electron chi connectivity index (χ2n) is 3.77. The van der Waals surface area contributed by atoms with Crippen LogP contribution >= 0.6 is 0 Å². The topological polar surface area (TPSA) is 96.7 Å². The Morgan fingerprint density at radius 3 is 2.89 bits per heavy atom. The third-order valence-electron chi connectivity index (χ3n) is 2.40. The highest BCUT2D eigenvalue weighted by Crippen LogP contribution is 2.20. The Bertz CT molecular complexity index is 638. The van der Waals surface area contributed by atoms with Crippen molar-refractivity contribution in [1.82, 2.24) is 9.78 Å². The van der Waals surface area contributed by atoms with Crippen molar-refractivity contribution in [3.63, 3.8) is 0 Å². The van der Waals surface area contributed by atoms with E-state index >= 15 is 0 Å². The average molecular weight is 241 g/mol. The first kappa shape index (κ1) is 11.7. The van der Waals surface area contributed by atoms with Gasteiger partial charge in [-0.05, 0) is 18.2 Å². The molecule has 6 heteroatoms. The van der Waals surface area contributed by atoms with E-state index in [-0.39, 0.29) is 5.91 Å². The lowest BCUT2D eigenvalue weighted by molar-refractivity contribution is 0.102. The molecule has 0 unspecified atom stereocenters. The van der Waals surface area contributed by atoms with E-state index in [1.165, 1.54) is 16.9 Å². The molecule has 0 aliphatic carbocycles. The van der Waals surface area contributed by atoms with Crippen molar-refractivity contribution in [3.8, 4) is 6.07 Å². The van der Waals surface area contributed by atoms with Crippen molar-refractivity contribution in [2.24, 2.45) is 7.05 Å². The number of carbonyl (C=O) groups is 1. The van der Waals surface area contributed by atoms with Crippen molar-refractivity contribution in [1.29, 1.82) is 5.26 Å². The molecule has 1 aromatic carbocycles. The van der Waals surface area contributed by atoms with Gasteiger partial charge in [-0.1, -0.05) is 0 Å². The molecule has 0 fully saturated rings. The molecule has 2 rings (SSSR count). The number of aryl methyl sites for hydroxylation is 1. The fraction of sp³-hybridized carbons (Fsp3) is 0.0833. The minimum atomic E-state index is -0.292. The Morgan fingerprint density at radius 2 is 2.33 bits per heavy atom. The van der Waals surface area contributed by atoms with E-state index < -0.39 is 0 Å². The number of nitrogens with two attached hydrogens (primary N) is 1. The molecule has 18 heavy (non-hydrogen) atoms. The maximum atomic E-state index is 11.8. The normalized spacial score (nSPS) is 9.78. The summed E-state index contributed by atoms with van der Waals surface area (Å²) in [6, 6.07) is 6.68. The van der Waals surface area contributed by atoms with Gasteiger partial charge in [0.2, 0.25) is 0 Å². The summed E-state index contributed by atoms with van der Waals surface area (Å²) in [5.41, 5.74) is 7.47. The highest BCUT2D eigenvalue weighted by molar-refractivity contribution is 6.05. The molecule has 0 aliphatic heterocycles. The first-order valence-electron chi connectivity index (χ1n) is 5.20. The summed E-state index contributed by atoms with van der Waals surface area (Å²) in [7, 11) is 1.73. The summed E-state index contributed by atoms with van der Waals surface area (Å²) >= 11 is 0. The maximum absolute atomic E-state index is 11.8. The van der Waals surface area contributed by atoms with Crippen LogP contribution in [0.2, 0.25) is 0 Å². The molecule has 1 aromatic heterocycles. The van der Waals surface area contributed by atoms with Crippen LogP contribution < -0.4 is 11.1 Å². The molecule has 0 radical (unpaired) electrons. The molecule has 0 saturated carbocycles. The number of benzene rings is 1. The SMILES string of the molecule is Cn1cc(C(=O)Nc2ccc(C#N)cc2N)cn1. The number of nitriles is 1. The van der Waals surface area contributed by atoms with E-state index in [2.05, 4.69) is 10.4 Å². The number of nitrogens with zero attached hydrogens (tertiary/aromatic N) is 3. The smallest absolute Gasteiger partial charge is 0.258 e. The van der Waals surface area contributed by atoms with Gasteiger partial charge < -0.3 is 11.1 Å². The first-order chi connectivity index (χ1) is 8.60. The van der Waals surface area contributed by atoms with Crippen LogP contribution in [0.5, 0.6) is 0 Å². The monoisotopic (exact) mass is 241 g/mol. The molecule has 0 aliphatic rings. The lowest BCUT2D eigenvalue weighted by Gasteiger charge is -2.06. The van der Waals surface area contributed by atoms with Gasteiger partial charge in [-0.25, -0.2) is 0 Å². The number of hydrogen-bond donors (Lipinski definition) is 2. The Balaban J connectivity index is 2.20. The summed E-state index contributed by atoms with van der Waals surface area (Å²) < 4.78 is 1.54. The predicted molar refractivity (Wildman–Crippen MR) is 66.7 cm³/mol. The van der Waals surface area contributed by atoms with Crippen molar-refractivity contribution in [2.45, 2.75) is 0 Å². The van der Waals surface area contributed by atoms with Crippen LogP contribution in [0.25, 0.3) is 0 Å². The van der Waals surface area contributed by atoms with Gasteiger partial charge in [-0.3, -0.25) is 9.48 Å². The van der Waals surface area contributed by atoms with Crippen LogP contribution in [0.3, 0.4) is 0 Å². The molecule has 3 N–H and O–H groups in total. The van der Waals surface area contributed by atoms with Crippen LogP contribution in [0.1, 0.15) is 15.9 Å². The average Bonchev–Trinajstić information content (AvgIpc) is 2.78. The van der Waals surface area contributed by atoms with E-state index in [1.807, 2.05) is 6.07 Å². The largest absolute Gasteiger partial charge is 0.397 e. The molecule has 1 heterocycles. The summed E-state index contributed by atoms with van der Waals surface area (Å²) in [5.74, 6) is -0.292. The Hall–Kier alpha value is -2.81. The highest BCUT2D eigenvalue weighted by Gasteiger charge is 2.10. The van der Waals surface area contributed by atoms with Crippen LogP contribution in [0.15, 0.2) is 30.6 Å². The zero-order valence-corrected chi connectivity index (χ0v) is 9.71. The van der Waals surface area contributed by atoms with Gasteiger partial charge in [-0.15, -0.1) is 0 Å². The Kier molecular flexibility index (Phi) is 2.98. The number of carbonyl (C=O) groups excluding carboxylic acids is 1.